The molecule has 0 atom stereocenters. The summed E-state index contributed by atoms with van der Waals surface area (Å²) in [5, 5.41) is 9.02. The molecule has 0 spiro atoms. The number of rotatable bonds is 3. The fourth-order valence-corrected chi connectivity index (χ4v) is 0.653. The molecule has 0 aromatic carbocycles. The van der Waals surface area contributed by atoms with Crippen molar-refractivity contribution in [3.63, 3.8) is 0 Å². The number of hydrogen-bond acceptors (Lipinski definition) is 3. The molecule has 0 unspecified atom stereocenters. The highest BCUT2D eigenvalue weighted by atomic mass is 16.3. The Balaban J connectivity index is 4.45. The predicted molar refractivity (Wildman–Crippen MR) is 44.3 cm³/mol. The first-order valence-corrected chi connectivity index (χ1v) is 3.58. The van der Waals surface area contributed by atoms with Gasteiger partial charge in [0.1, 0.15) is 0 Å². The highest BCUT2D eigenvalue weighted by Crippen LogP contribution is 2.07. The molecule has 0 saturated heterocycles. The zero-order valence-corrected chi connectivity index (χ0v) is 7.46. The number of carbonyl (C=O) groups is 1. The zero-order valence-electron chi connectivity index (χ0n) is 7.46. The van der Waals surface area contributed by atoms with Crippen LogP contribution in [0.5, 0.6) is 0 Å². The van der Waals surface area contributed by atoms with Crippen LogP contribution in [0.3, 0.4) is 0 Å². The van der Waals surface area contributed by atoms with Gasteiger partial charge in [0.05, 0.1) is 5.70 Å². The highest BCUT2D eigenvalue weighted by Gasteiger charge is 2.07. The van der Waals surface area contributed by atoms with Crippen molar-refractivity contribution in [2.45, 2.75) is 26.8 Å². The van der Waals surface area contributed by atoms with Gasteiger partial charge in [-0.3, -0.25) is 4.79 Å². The van der Waals surface area contributed by atoms with E-state index in [2.05, 4.69) is 0 Å². The van der Waals surface area contributed by atoms with Gasteiger partial charge < -0.3 is 10.0 Å². The van der Waals surface area contributed by atoms with E-state index in [0.29, 0.717) is 12.0 Å². The Hall–Kier alpha value is -0.990. The molecule has 0 bridgehead atoms. The molecule has 0 rings (SSSR count). The largest absolute Gasteiger partial charge is 0.503 e. The Morgan fingerprint density at radius 1 is 1.55 bits per heavy atom. The number of aldehydes is 1. The predicted octanol–water partition coefficient (Wildman–Crippen LogP) is 1.31. The summed E-state index contributed by atoms with van der Waals surface area (Å²) in [6.45, 7) is 5.69. The van der Waals surface area contributed by atoms with Crippen molar-refractivity contribution >= 4 is 6.29 Å². The van der Waals surface area contributed by atoms with Crippen molar-refractivity contribution < 1.29 is 9.90 Å². The molecule has 0 saturated carbocycles. The van der Waals surface area contributed by atoms with Gasteiger partial charge in [-0.05, 0) is 20.8 Å². The monoisotopic (exact) mass is 157 g/mol. The van der Waals surface area contributed by atoms with Crippen LogP contribution in [0.25, 0.3) is 0 Å². The average Bonchev–Trinajstić information content (AvgIpc) is 2.00. The molecule has 0 fully saturated rings. The second-order valence-corrected chi connectivity index (χ2v) is 2.79. The number of aliphatic hydroxyl groups is 1. The molecule has 3 nitrogen and oxygen atoms in total. The summed E-state index contributed by atoms with van der Waals surface area (Å²) in [6, 6.07) is 0.289. The third-order valence-corrected chi connectivity index (χ3v) is 1.79. The van der Waals surface area contributed by atoms with Crippen molar-refractivity contribution in [1.82, 2.24) is 4.90 Å². The van der Waals surface area contributed by atoms with Crippen molar-refractivity contribution in [2.75, 3.05) is 7.05 Å². The molecular formula is C8H15NO2. The van der Waals surface area contributed by atoms with E-state index < -0.39 is 0 Å². The van der Waals surface area contributed by atoms with Gasteiger partial charge >= 0.3 is 0 Å². The van der Waals surface area contributed by atoms with E-state index in [4.69, 9.17) is 5.11 Å². The minimum atomic E-state index is -0.193. The number of nitrogens with zero attached hydrogens (tertiary/aromatic N) is 1. The average molecular weight is 157 g/mol. The first-order valence-electron chi connectivity index (χ1n) is 3.58. The van der Waals surface area contributed by atoms with Gasteiger partial charge in [-0.1, -0.05) is 0 Å². The fraction of sp³-hybridized carbons (Fsp3) is 0.625. The molecule has 0 radical (unpaired) electrons. The zero-order chi connectivity index (χ0) is 9.02. The minimum Gasteiger partial charge on any atom is -0.503 e. The van der Waals surface area contributed by atoms with Crippen molar-refractivity contribution in [3.05, 3.63) is 11.5 Å². The summed E-state index contributed by atoms with van der Waals surface area (Å²) in [6.07, 6.45) is 0.453. The van der Waals surface area contributed by atoms with E-state index in [1.165, 1.54) is 0 Å². The minimum absolute atomic E-state index is 0.193. The fourth-order valence-electron chi connectivity index (χ4n) is 0.653. The second kappa shape index (κ2) is 4.01. The normalized spacial score (nSPS) is 12.8. The Morgan fingerprint density at radius 3 is 2.27 bits per heavy atom. The van der Waals surface area contributed by atoms with Crippen LogP contribution >= 0.6 is 0 Å². The number of allylic oxidation sites excluding steroid dienone is 2. The van der Waals surface area contributed by atoms with Crippen molar-refractivity contribution in [2.24, 2.45) is 0 Å². The number of aliphatic hydroxyl groups excluding tert-OH is 1. The van der Waals surface area contributed by atoms with Crippen LogP contribution in [0, 0.1) is 0 Å². The lowest BCUT2D eigenvalue weighted by Gasteiger charge is -2.24. The van der Waals surface area contributed by atoms with Gasteiger partial charge in [0, 0.05) is 13.1 Å². The van der Waals surface area contributed by atoms with Crippen LogP contribution in [0.15, 0.2) is 11.5 Å². The molecule has 0 aliphatic rings. The van der Waals surface area contributed by atoms with Gasteiger partial charge in [-0.2, -0.15) is 0 Å². The van der Waals surface area contributed by atoms with E-state index in [1.807, 2.05) is 25.8 Å². The van der Waals surface area contributed by atoms with E-state index >= 15 is 0 Å². The number of carbonyl (C=O) groups excluding carboxylic acids is 1. The summed E-state index contributed by atoms with van der Waals surface area (Å²) in [7, 11) is 1.83. The quantitative estimate of drug-likeness (QED) is 0.381. The third kappa shape index (κ3) is 2.62. The standard InChI is InChI=1S/C8H15NO2/c1-6(2)9(4)7(3)8(11)5-10/h5-6,11H,1-4H3/b8-7+. The summed E-state index contributed by atoms with van der Waals surface area (Å²) in [5.74, 6) is -0.193. The van der Waals surface area contributed by atoms with Crippen LogP contribution in [0.2, 0.25) is 0 Å². The van der Waals surface area contributed by atoms with Crippen LogP contribution in [0.4, 0.5) is 0 Å². The molecular weight excluding hydrogens is 142 g/mol. The van der Waals surface area contributed by atoms with E-state index in [0.717, 1.165) is 0 Å². The summed E-state index contributed by atoms with van der Waals surface area (Å²) < 4.78 is 0. The number of hydrogen-bond donors (Lipinski definition) is 1. The SMILES string of the molecule is C/C(=C(\O)C=O)N(C)C(C)C. The topological polar surface area (TPSA) is 40.5 Å². The Labute approximate surface area is 67.3 Å². The highest BCUT2D eigenvalue weighted by molar-refractivity contribution is 5.70. The van der Waals surface area contributed by atoms with Gasteiger partial charge in [-0.15, -0.1) is 0 Å². The van der Waals surface area contributed by atoms with Crippen LogP contribution in [-0.4, -0.2) is 29.4 Å². The maximum Gasteiger partial charge on any atom is 0.186 e. The summed E-state index contributed by atoms with van der Waals surface area (Å²) in [5.41, 5.74) is 0.606. The molecule has 11 heavy (non-hydrogen) atoms. The molecule has 0 aromatic rings. The molecule has 0 aliphatic carbocycles. The van der Waals surface area contributed by atoms with E-state index in [9.17, 15) is 4.79 Å². The van der Waals surface area contributed by atoms with E-state index in [1.54, 1.807) is 6.92 Å². The lowest BCUT2D eigenvalue weighted by atomic mass is 10.3. The lowest BCUT2D eigenvalue weighted by molar-refractivity contribution is -0.107. The maximum absolute atomic E-state index is 10.1. The summed E-state index contributed by atoms with van der Waals surface area (Å²) >= 11 is 0. The first kappa shape index (κ1) is 10.0. The smallest absolute Gasteiger partial charge is 0.186 e. The molecule has 3 heteroatoms. The molecule has 0 aromatic heterocycles. The van der Waals surface area contributed by atoms with Crippen LogP contribution in [-0.2, 0) is 4.79 Å². The molecule has 0 heterocycles. The van der Waals surface area contributed by atoms with Gasteiger partial charge in [0.25, 0.3) is 0 Å². The first-order chi connectivity index (χ1) is 5.00. The Bertz CT molecular complexity index is 173. The van der Waals surface area contributed by atoms with Crippen molar-refractivity contribution in [3.8, 4) is 0 Å². The lowest BCUT2D eigenvalue weighted by Crippen LogP contribution is -2.25. The third-order valence-electron chi connectivity index (χ3n) is 1.79. The Kier molecular flexibility index (Phi) is 3.65. The van der Waals surface area contributed by atoms with Gasteiger partial charge in [0.15, 0.2) is 12.0 Å². The second-order valence-electron chi connectivity index (χ2n) is 2.79. The summed E-state index contributed by atoms with van der Waals surface area (Å²) in [4.78, 5) is 12.0. The van der Waals surface area contributed by atoms with Gasteiger partial charge in [0.2, 0.25) is 0 Å². The maximum atomic E-state index is 10.1. The van der Waals surface area contributed by atoms with Crippen LogP contribution in [0.1, 0.15) is 20.8 Å². The van der Waals surface area contributed by atoms with Gasteiger partial charge in [-0.25, -0.2) is 0 Å². The molecule has 0 amide bonds. The molecule has 0 aliphatic heterocycles. The van der Waals surface area contributed by atoms with E-state index in [-0.39, 0.29) is 11.8 Å². The van der Waals surface area contributed by atoms with Crippen LogP contribution < -0.4 is 0 Å². The molecule has 1 N–H and O–H groups in total. The molecule has 64 valence electrons. The van der Waals surface area contributed by atoms with Crippen molar-refractivity contribution in [1.29, 1.82) is 0 Å². The Morgan fingerprint density at radius 2 is 2.00 bits per heavy atom.